The maximum atomic E-state index is 5.87. The fraction of sp³-hybridized carbons (Fsp3) is 0.167. The summed E-state index contributed by atoms with van der Waals surface area (Å²) in [6.45, 7) is 0.755. The average molecular weight is 250 g/mol. The second-order valence-corrected chi connectivity index (χ2v) is 3.91. The van der Waals surface area contributed by atoms with Gasteiger partial charge in [-0.2, -0.15) is 0 Å². The van der Waals surface area contributed by atoms with Crippen molar-refractivity contribution in [2.45, 2.75) is 13.2 Å². The molecule has 17 heavy (non-hydrogen) atoms. The summed E-state index contributed by atoms with van der Waals surface area (Å²) < 4.78 is 5.50. The Hall–Kier alpha value is -1.65. The molecule has 0 spiro atoms. The molecule has 5 heteroatoms. The van der Waals surface area contributed by atoms with E-state index in [0.717, 1.165) is 5.56 Å². The van der Waals surface area contributed by atoms with E-state index in [9.17, 15) is 0 Å². The van der Waals surface area contributed by atoms with Gasteiger partial charge in [0.25, 0.3) is 0 Å². The van der Waals surface area contributed by atoms with E-state index < -0.39 is 0 Å². The molecule has 1 heterocycles. The Labute approximate surface area is 104 Å². The third-order valence-electron chi connectivity index (χ3n) is 2.15. The Morgan fingerprint density at radius 3 is 2.94 bits per heavy atom. The molecule has 0 bridgehead atoms. The van der Waals surface area contributed by atoms with Crippen LogP contribution in [0.3, 0.4) is 0 Å². The first-order valence-electron chi connectivity index (χ1n) is 5.16. The molecule has 0 aliphatic heterocycles. The van der Waals surface area contributed by atoms with Crippen molar-refractivity contribution in [3.8, 4) is 5.88 Å². The predicted octanol–water partition coefficient (Wildman–Crippen LogP) is 2.17. The number of nitrogens with zero attached hydrogens (tertiary/aromatic N) is 2. The van der Waals surface area contributed by atoms with Gasteiger partial charge in [0.05, 0.1) is 11.9 Å². The number of benzene rings is 1. The molecular formula is C12H12ClN3O. The quantitative estimate of drug-likeness (QED) is 0.902. The molecule has 1 aromatic heterocycles. The Balaban J connectivity index is 2.02. The summed E-state index contributed by atoms with van der Waals surface area (Å²) in [6, 6.07) is 7.48. The molecule has 0 amide bonds. The normalized spacial score (nSPS) is 10.2. The lowest BCUT2D eigenvalue weighted by Gasteiger charge is -2.06. The minimum atomic E-state index is 0.349. The topological polar surface area (TPSA) is 61.0 Å². The van der Waals surface area contributed by atoms with E-state index in [-0.39, 0.29) is 0 Å². The highest BCUT2D eigenvalue weighted by atomic mass is 35.5. The van der Waals surface area contributed by atoms with Crippen molar-refractivity contribution in [1.82, 2.24) is 9.97 Å². The van der Waals surface area contributed by atoms with Gasteiger partial charge in [-0.15, -0.1) is 0 Å². The van der Waals surface area contributed by atoms with Crippen LogP contribution in [-0.4, -0.2) is 9.97 Å². The van der Waals surface area contributed by atoms with Crippen LogP contribution in [0.25, 0.3) is 0 Å². The van der Waals surface area contributed by atoms with Gasteiger partial charge in [0, 0.05) is 17.8 Å². The number of halogens is 1. The highest BCUT2D eigenvalue weighted by Crippen LogP contribution is 2.13. The zero-order chi connectivity index (χ0) is 12.1. The third-order valence-corrected chi connectivity index (χ3v) is 2.38. The molecule has 0 saturated heterocycles. The van der Waals surface area contributed by atoms with Crippen LogP contribution < -0.4 is 10.5 Å². The molecule has 4 nitrogen and oxygen atoms in total. The lowest BCUT2D eigenvalue weighted by molar-refractivity contribution is 0.291. The van der Waals surface area contributed by atoms with E-state index in [1.54, 1.807) is 12.4 Å². The van der Waals surface area contributed by atoms with Gasteiger partial charge < -0.3 is 10.5 Å². The van der Waals surface area contributed by atoms with Crippen LogP contribution in [0.15, 0.2) is 36.7 Å². The first-order chi connectivity index (χ1) is 8.28. The summed E-state index contributed by atoms with van der Waals surface area (Å²) in [6.07, 6.45) is 3.18. The predicted molar refractivity (Wildman–Crippen MR) is 65.7 cm³/mol. The van der Waals surface area contributed by atoms with Gasteiger partial charge in [-0.25, -0.2) is 4.98 Å². The molecule has 0 aliphatic rings. The van der Waals surface area contributed by atoms with E-state index in [2.05, 4.69) is 9.97 Å². The Kier molecular flexibility index (Phi) is 3.90. The Morgan fingerprint density at radius 1 is 1.29 bits per heavy atom. The molecule has 0 saturated carbocycles. The van der Waals surface area contributed by atoms with Gasteiger partial charge in [0.1, 0.15) is 6.61 Å². The van der Waals surface area contributed by atoms with Crippen LogP contribution >= 0.6 is 11.6 Å². The fourth-order valence-electron chi connectivity index (χ4n) is 1.34. The summed E-state index contributed by atoms with van der Waals surface area (Å²) >= 11 is 5.87. The molecule has 0 aliphatic carbocycles. The lowest BCUT2D eigenvalue weighted by Crippen LogP contribution is -2.03. The number of aromatic nitrogens is 2. The van der Waals surface area contributed by atoms with Crippen molar-refractivity contribution in [1.29, 1.82) is 0 Å². The standard InChI is InChI=1S/C12H12ClN3O/c13-10-3-1-2-9(4-10)8-17-12-7-15-6-11(5-14)16-12/h1-4,6-7H,5,8,14H2. The first kappa shape index (κ1) is 11.8. The van der Waals surface area contributed by atoms with E-state index in [1.165, 1.54) is 0 Å². The van der Waals surface area contributed by atoms with Gasteiger partial charge in [-0.3, -0.25) is 4.98 Å². The maximum absolute atomic E-state index is 5.87. The third kappa shape index (κ3) is 3.41. The van der Waals surface area contributed by atoms with Crippen molar-refractivity contribution >= 4 is 11.6 Å². The van der Waals surface area contributed by atoms with Crippen molar-refractivity contribution in [2.24, 2.45) is 5.73 Å². The average Bonchev–Trinajstić information content (AvgIpc) is 2.37. The molecule has 0 fully saturated rings. The maximum Gasteiger partial charge on any atom is 0.232 e. The zero-order valence-corrected chi connectivity index (χ0v) is 9.89. The smallest absolute Gasteiger partial charge is 0.232 e. The molecular weight excluding hydrogens is 238 g/mol. The molecule has 0 radical (unpaired) electrons. The number of hydrogen-bond acceptors (Lipinski definition) is 4. The zero-order valence-electron chi connectivity index (χ0n) is 9.14. The second kappa shape index (κ2) is 5.61. The lowest BCUT2D eigenvalue weighted by atomic mass is 10.2. The highest BCUT2D eigenvalue weighted by Gasteiger charge is 2.00. The minimum Gasteiger partial charge on any atom is -0.472 e. The molecule has 0 unspecified atom stereocenters. The number of nitrogens with two attached hydrogens (primary N) is 1. The minimum absolute atomic E-state index is 0.349. The summed E-state index contributed by atoms with van der Waals surface area (Å²) in [7, 11) is 0. The van der Waals surface area contributed by atoms with Crippen LogP contribution in [-0.2, 0) is 13.2 Å². The highest BCUT2D eigenvalue weighted by molar-refractivity contribution is 6.30. The van der Waals surface area contributed by atoms with Crippen LogP contribution in [0.2, 0.25) is 5.02 Å². The molecule has 2 rings (SSSR count). The summed E-state index contributed by atoms with van der Waals surface area (Å²) in [5, 5.41) is 0.688. The SMILES string of the molecule is NCc1cncc(OCc2cccc(Cl)c2)n1. The monoisotopic (exact) mass is 249 g/mol. The molecule has 2 aromatic rings. The van der Waals surface area contributed by atoms with Crippen LogP contribution in [0.5, 0.6) is 5.88 Å². The largest absolute Gasteiger partial charge is 0.472 e. The van der Waals surface area contributed by atoms with Gasteiger partial charge in [0.15, 0.2) is 0 Å². The molecule has 2 N–H and O–H groups in total. The van der Waals surface area contributed by atoms with Crippen LogP contribution in [0, 0.1) is 0 Å². The van der Waals surface area contributed by atoms with E-state index in [0.29, 0.717) is 29.7 Å². The Bertz CT molecular complexity index is 505. The number of hydrogen-bond donors (Lipinski definition) is 1. The van der Waals surface area contributed by atoms with Gasteiger partial charge in [0.2, 0.25) is 5.88 Å². The first-order valence-corrected chi connectivity index (χ1v) is 5.54. The number of ether oxygens (including phenoxy) is 1. The second-order valence-electron chi connectivity index (χ2n) is 3.47. The summed E-state index contributed by atoms with van der Waals surface area (Å²) in [4.78, 5) is 8.18. The number of rotatable bonds is 4. The molecule has 1 aromatic carbocycles. The van der Waals surface area contributed by atoms with Gasteiger partial charge in [-0.1, -0.05) is 23.7 Å². The fourth-order valence-corrected chi connectivity index (χ4v) is 1.55. The van der Waals surface area contributed by atoms with Gasteiger partial charge in [-0.05, 0) is 17.7 Å². The van der Waals surface area contributed by atoms with Crippen LogP contribution in [0.4, 0.5) is 0 Å². The summed E-state index contributed by atoms with van der Waals surface area (Å²) in [5.41, 5.74) is 7.16. The van der Waals surface area contributed by atoms with Gasteiger partial charge >= 0.3 is 0 Å². The van der Waals surface area contributed by atoms with Crippen LogP contribution in [0.1, 0.15) is 11.3 Å². The van der Waals surface area contributed by atoms with Crippen molar-refractivity contribution in [2.75, 3.05) is 0 Å². The molecule has 0 atom stereocenters. The Morgan fingerprint density at radius 2 is 2.18 bits per heavy atom. The van der Waals surface area contributed by atoms with E-state index >= 15 is 0 Å². The van der Waals surface area contributed by atoms with Crippen molar-refractivity contribution in [3.05, 3.63) is 52.9 Å². The van der Waals surface area contributed by atoms with Crippen molar-refractivity contribution in [3.63, 3.8) is 0 Å². The van der Waals surface area contributed by atoms with E-state index in [4.69, 9.17) is 22.1 Å². The summed E-state index contributed by atoms with van der Waals surface area (Å²) in [5.74, 6) is 0.466. The van der Waals surface area contributed by atoms with E-state index in [1.807, 2.05) is 24.3 Å². The van der Waals surface area contributed by atoms with Crippen molar-refractivity contribution < 1.29 is 4.74 Å². The molecule has 88 valence electrons.